The molecule has 0 saturated carbocycles. The number of imide groups is 1. The van der Waals surface area contributed by atoms with Gasteiger partial charge in [0.2, 0.25) is 23.6 Å². The van der Waals surface area contributed by atoms with Gasteiger partial charge in [-0.2, -0.15) is 0 Å². The molecular formula is C47H46FN9O8S. The van der Waals surface area contributed by atoms with Crippen molar-refractivity contribution in [3.8, 4) is 22.3 Å². The van der Waals surface area contributed by atoms with Crippen molar-refractivity contribution in [2.75, 3.05) is 40.7 Å². The number of sulfonamides is 1. The minimum atomic E-state index is -4.21. The van der Waals surface area contributed by atoms with E-state index >= 15 is 4.39 Å². The molecule has 1 atom stereocenters. The van der Waals surface area contributed by atoms with Gasteiger partial charge < -0.3 is 31.9 Å². The Bertz CT molecular complexity index is 2890. The first-order valence-corrected chi connectivity index (χ1v) is 22.9. The summed E-state index contributed by atoms with van der Waals surface area (Å²) in [5, 5.41) is 13.8. The molecule has 5 aromatic rings. The largest absolute Gasteiger partial charge is 0.383 e. The highest BCUT2D eigenvalue weighted by Crippen LogP contribution is 2.35. The van der Waals surface area contributed by atoms with Gasteiger partial charge >= 0.3 is 0 Å². The van der Waals surface area contributed by atoms with Gasteiger partial charge in [-0.25, -0.2) is 17.8 Å². The molecule has 4 heterocycles. The van der Waals surface area contributed by atoms with Crippen LogP contribution in [-0.2, 0) is 42.2 Å². The fourth-order valence-corrected chi connectivity index (χ4v) is 9.29. The number of unbranched alkanes of at least 4 members (excludes halogenated alkanes) is 2. The molecule has 0 spiro atoms. The summed E-state index contributed by atoms with van der Waals surface area (Å²) < 4.78 is 44.5. The number of rotatable bonds is 16. The van der Waals surface area contributed by atoms with E-state index in [4.69, 9.17) is 5.73 Å². The number of amides is 6. The number of nitrogens with two attached hydrogens (primary N) is 1. The number of hydrogen-bond acceptors (Lipinski definition) is 11. The number of nitrogen functional groups attached to an aromatic ring is 1. The average molecular weight is 916 g/mol. The molecule has 0 bridgehead atoms. The van der Waals surface area contributed by atoms with Crippen molar-refractivity contribution < 1.29 is 41.6 Å². The van der Waals surface area contributed by atoms with Gasteiger partial charge in [-0.1, -0.05) is 30.7 Å². The Morgan fingerprint density at radius 2 is 1.61 bits per heavy atom. The second-order valence-electron chi connectivity index (χ2n) is 16.2. The van der Waals surface area contributed by atoms with Gasteiger partial charge in [-0.3, -0.25) is 38.8 Å². The molecule has 1 unspecified atom stereocenters. The summed E-state index contributed by atoms with van der Waals surface area (Å²) >= 11 is 0. The Morgan fingerprint density at radius 3 is 2.39 bits per heavy atom. The van der Waals surface area contributed by atoms with Crippen molar-refractivity contribution in [2.24, 2.45) is 0 Å². The first kappa shape index (κ1) is 45.1. The Kier molecular flexibility index (Phi) is 13.2. The molecule has 3 aliphatic heterocycles. The number of fused-ring (bicyclic) bond motifs is 2. The van der Waals surface area contributed by atoms with E-state index in [2.05, 4.69) is 36.3 Å². The lowest BCUT2D eigenvalue weighted by Crippen LogP contribution is -2.52. The van der Waals surface area contributed by atoms with Crippen molar-refractivity contribution in [2.45, 2.75) is 62.4 Å². The minimum Gasteiger partial charge on any atom is -0.383 e. The first-order valence-electron chi connectivity index (χ1n) is 21.4. The lowest BCUT2D eigenvalue weighted by molar-refractivity contribution is -0.137. The van der Waals surface area contributed by atoms with Gasteiger partial charge in [0.25, 0.3) is 21.8 Å². The maximum atomic E-state index is 15.6. The third kappa shape index (κ3) is 10.1. The number of nitrogens with one attached hydrogen (secondary N) is 6. The van der Waals surface area contributed by atoms with Crippen LogP contribution in [0.4, 0.5) is 27.3 Å². The van der Waals surface area contributed by atoms with E-state index in [9.17, 15) is 37.2 Å². The topological polar surface area (TPSA) is 251 Å². The SMILES string of the molecule is Nc1ncc(-c2ccc(S(=O)(=O)Nc3ccc(NC(=O)CNCCCCCC(=O)Nc4cccc5c4CN(C4CCC(=O)NC4=O)C5=O)cc3)cc2F)cc1-c1ccc2c(c1)CCNC2=O. The molecular weight excluding hydrogens is 870 g/mol. The predicted octanol–water partition coefficient (Wildman–Crippen LogP) is 4.71. The van der Waals surface area contributed by atoms with Gasteiger partial charge in [-0.05, 0) is 104 Å². The van der Waals surface area contributed by atoms with E-state index in [0.717, 1.165) is 11.6 Å². The average Bonchev–Trinajstić information content (AvgIpc) is 3.63. The van der Waals surface area contributed by atoms with Gasteiger partial charge in [0, 0.05) is 82.6 Å². The molecule has 340 valence electrons. The molecule has 66 heavy (non-hydrogen) atoms. The Morgan fingerprint density at radius 1 is 0.818 bits per heavy atom. The lowest BCUT2D eigenvalue weighted by atomic mass is 9.94. The van der Waals surface area contributed by atoms with Crippen LogP contribution in [0.2, 0.25) is 0 Å². The molecule has 19 heteroatoms. The number of piperidine rings is 1. The van der Waals surface area contributed by atoms with E-state index in [1.807, 2.05) is 6.07 Å². The number of benzene rings is 4. The second-order valence-corrected chi connectivity index (χ2v) is 17.9. The molecule has 6 amide bonds. The van der Waals surface area contributed by atoms with Gasteiger partial charge in [-0.15, -0.1) is 0 Å². The Balaban J connectivity index is 0.756. The molecule has 0 radical (unpaired) electrons. The lowest BCUT2D eigenvalue weighted by Gasteiger charge is -2.29. The fraction of sp³-hybridized carbons (Fsp3) is 0.255. The highest BCUT2D eigenvalue weighted by atomic mass is 32.2. The number of halogens is 1. The fourth-order valence-electron chi connectivity index (χ4n) is 8.22. The summed E-state index contributed by atoms with van der Waals surface area (Å²) in [6.45, 7) is 1.21. The quantitative estimate of drug-likeness (QED) is 0.0527. The summed E-state index contributed by atoms with van der Waals surface area (Å²) in [5.74, 6) is -2.43. The minimum absolute atomic E-state index is 0.0198. The molecule has 17 nitrogen and oxygen atoms in total. The number of pyridine rings is 1. The number of anilines is 4. The third-order valence-electron chi connectivity index (χ3n) is 11.6. The maximum Gasteiger partial charge on any atom is 0.261 e. The zero-order valence-electron chi connectivity index (χ0n) is 35.5. The Hall–Kier alpha value is -7.51. The number of hydrogen-bond donors (Lipinski definition) is 7. The smallest absolute Gasteiger partial charge is 0.261 e. The van der Waals surface area contributed by atoms with Crippen molar-refractivity contribution in [3.05, 3.63) is 119 Å². The number of aromatic nitrogens is 1. The first-order chi connectivity index (χ1) is 31.7. The van der Waals surface area contributed by atoms with Crippen LogP contribution in [-0.4, -0.2) is 79.4 Å². The highest BCUT2D eigenvalue weighted by Gasteiger charge is 2.40. The normalized spacial score (nSPS) is 15.7. The molecule has 8 rings (SSSR count). The van der Waals surface area contributed by atoms with Crippen molar-refractivity contribution in [1.29, 1.82) is 0 Å². The summed E-state index contributed by atoms with van der Waals surface area (Å²) in [6, 6.07) is 20.9. The molecule has 8 N–H and O–H groups in total. The maximum absolute atomic E-state index is 15.6. The number of nitrogens with zero attached hydrogens (tertiary/aromatic N) is 2. The monoisotopic (exact) mass is 915 g/mol. The van der Waals surface area contributed by atoms with E-state index in [0.29, 0.717) is 83.5 Å². The third-order valence-corrected chi connectivity index (χ3v) is 13.0. The van der Waals surface area contributed by atoms with E-state index in [-0.39, 0.29) is 83.9 Å². The van der Waals surface area contributed by atoms with Crippen LogP contribution in [0.25, 0.3) is 22.3 Å². The van der Waals surface area contributed by atoms with Gasteiger partial charge in [0.15, 0.2) is 0 Å². The number of carbonyl (C=O) groups excluding carboxylic acids is 6. The van der Waals surface area contributed by atoms with Crippen LogP contribution in [0.5, 0.6) is 0 Å². The van der Waals surface area contributed by atoms with Crippen LogP contribution in [0.1, 0.15) is 70.4 Å². The highest BCUT2D eigenvalue weighted by molar-refractivity contribution is 7.92. The Labute approximate surface area is 379 Å². The van der Waals surface area contributed by atoms with Crippen molar-refractivity contribution in [1.82, 2.24) is 25.8 Å². The van der Waals surface area contributed by atoms with Crippen LogP contribution in [0.3, 0.4) is 0 Å². The summed E-state index contributed by atoms with van der Waals surface area (Å²) in [4.78, 5) is 80.0. The molecule has 0 aliphatic carbocycles. The molecule has 1 aromatic heterocycles. The summed E-state index contributed by atoms with van der Waals surface area (Å²) in [6.07, 6.45) is 4.72. The van der Waals surface area contributed by atoms with E-state index in [1.54, 1.807) is 36.4 Å². The van der Waals surface area contributed by atoms with Crippen molar-refractivity contribution in [3.63, 3.8) is 0 Å². The number of carbonyl (C=O) groups is 6. The standard InChI is InChI=1S/C47H46FN9O8S/c48-38-23-32(13-15-33(38)29-22-36(44(49)52-24-29)27-8-14-34-28(21-27)18-20-51-45(34)61)66(64,65)56-31-11-9-30(10-12-31)53-43(60)25-50-19-3-1-2-7-41(58)54-39-6-4-5-35-37(39)26-57(47(35)63)40-16-17-42(59)55-46(40)62/h4-6,8-15,21-24,40,50,56H,1-3,7,16-20,25-26H2,(H2,49,52)(H,51,61)(H,53,60)(H,54,58)(H,55,59,62). The molecule has 1 saturated heterocycles. The van der Waals surface area contributed by atoms with Gasteiger partial charge in [0.1, 0.15) is 17.7 Å². The zero-order chi connectivity index (χ0) is 46.5. The van der Waals surface area contributed by atoms with Crippen LogP contribution in [0.15, 0.2) is 96.0 Å². The van der Waals surface area contributed by atoms with E-state index in [1.165, 1.54) is 47.5 Å². The van der Waals surface area contributed by atoms with Crippen molar-refractivity contribution >= 4 is 68.3 Å². The molecule has 3 aliphatic rings. The van der Waals surface area contributed by atoms with Crippen LogP contribution >= 0.6 is 0 Å². The van der Waals surface area contributed by atoms with Crippen LogP contribution < -0.4 is 37.0 Å². The molecule has 4 aromatic carbocycles. The summed E-state index contributed by atoms with van der Waals surface area (Å²) in [7, 11) is -4.21. The summed E-state index contributed by atoms with van der Waals surface area (Å²) in [5.41, 5.74) is 11.6. The van der Waals surface area contributed by atoms with E-state index < -0.39 is 27.8 Å². The zero-order valence-corrected chi connectivity index (χ0v) is 36.4. The predicted molar refractivity (Wildman–Crippen MR) is 244 cm³/mol. The molecule has 1 fully saturated rings. The van der Waals surface area contributed by atoms with Gasteiger partial charge in [0.05, 0.1) is 11.4 Å². The van der Waals surface area contributed by atoms with Crippen LogP contribution in [0, 0.1) is 5.82 Å². The second kappa shape index (κ2) is 19.3.